The Bertz CT molecular complexity index is 1190. The molecule has 0 spiro atoms. The van der Waals surface area contributed by atoms with Gasteiger partial charge in [-0.25, -0.2) is 17.9 Å². The summed E-state index contributed by atoms with van der Waals surface area (Å²) < 4.78 is 28.2. The van der Waals surface area contributed by atoms with Crippen molar-refractivity contribution in [2.24, 2.45) is 0 Å². The van der Waals surface area contributed by atoms with Crippen LogP contribution in [0.3, 0.4) is 0 Å². The van der Waals surface area contributed by atoms with Crippen molar-refractivity contribution in [2.75, 3.05) is 6.54 Å². The SMILES string of the molecule is C/C(=C\c1ccc(C(CNS(=O)(=O)c2ccc(Cl)cc2)Cc2cccnc2)cc1)C(=O)O. The third-order valence-corrected chi connectivity index (χ3v) is 6.67. The maximum absolute atomic E-state index is 12.7. The van der Waals surface area contributed by atoms with Crippen LogP contribution in [0.5, 0.6) is 0 Å². The van der Waals surface area contributed by atoms with Crippen LogP contribution in [0.2, 0.25) is 5.02 Å². The maximum atomic E-state index is 12.7. The lowest BCUT2D eigenvalue weighted by Crippen LogP contribution is -2.29. The second-order valence-electron chi connectivity index (χ2n) is 7.37. The van der Waals surface area contributed by atoms with Gasteiger partial charge in [0.1, 0.15) is 0 Å². The van der Waals surface area contributed by atoms with Crippen LogP contribution in [0.4, 0.5) is 0 Å². The van der Waals surface area contributed by atoms with E-state index in [0.717, 1.165) is 16.7 Å². The maximum Gasteiger partial charge on any atom is 0.331 e. The predicted octanol–water partition coefficient (Wildman–Crippen LogP) is 4.53. The number of carboxylic acids is 1. The van der Waals surface area contributed by atoms with Crippen molar-refractivity contribution < 1.29 is 18.3 Å². The Morgan fingerprint density at radius 1 is 1.12 bits per heavy atom. The fourth-order valence-electron chi connectivity index (χ4n) is 3.19. The van der Waals surface area contributed by atoms with Crippen LogP contribution >= 0.6 is 11.6 Å². The third kappa shape index (κ3) is 6.50. The van der Waals surface area contributed by atoms with Crippen LogP contribution in [-0.2, 0) is 21.2 Å². The number of pyridine rings is 1. The van der Waals surface area contributed by atoms with Crippen LogP contribution in [0.1, 0.15) is 29.5 Å². The number of carbonyl (C=O) groups is 1. The molecule has 6 nitrogen and oxygen atoms in total. The van der Waals surface area contributed by atoms with Gasteiger partial charge in [-0.2, -0.15) is 0 Å². The molecule has 1 aromatic heterocycles. The largest absolute Gasteiger partial charge is 0.478 e. The average molecular weight is 471 g/mol. The average Bonchev–Trinajstić information content (AvgIpc) is 2.78. The number of benzene rings is 2. The number of halogens is 1. The molecule has 1 heterocycles. The molecule has 1 unspecified atom stereocenters. The standard InChI is InChI=1S/C24H23ClN2O4S/c1-17(24(28)29)13-18-4-6-20(7-5-18)21(14-19-3-2-12-26-15-19)16-27-32(30,31)23-10-8-22(25)9-11-23/h2-13,15,21,27H,14,16H2,1H3,(H,28,29)/b17-13+. The Kier molecular flexibility index (Phi) is 7.80. The summed E-state index contributed by atoms with van der Waals surface area (Å²) in [6.45, 7) is 1.72. The first-order valence-corrected chi connectivity index (χ1v) is 11.8. The molecule has 0 aliphatic rings. The zero-order chi connectivity index (χ0) is 23.1. The van der Waals surface area contributed by atoms with Crippen LogP contribution in [-0.4, -0.2) is 31.0 Å². The summed E-state index contributed by atoms with van der Waals surface area (Å²) in [7, 11) is -3.71. The molecule has 0 amide bonds. The molecule has 2 N–H and O–H groups in total. The molecule has 1 atom stereocenters. The number of nitrogens with one attached hydrogen (secondary N) is 1. The molecule has 0 saturated heterocycles. The van der Waals surface area contributed by atoms with E-state index in [1.165, 1.54) is 31.2 Å². The minimum Gasteiger partial charge on any atom is -0.478 e. The van der Waals surface area contributed by atoms with Gasteiger partial charge in [-0.1, -0.05) is 41.9 Å². The summed E-state index contributed by atoms with van der Waals surface area (Å²) in [5, 5.41) is 9.52. The Morgan fingerprint density at radius 2 is 1.81 bits per heavy atom. The first-order chi connectivity index (χ1) is 15.2. The van der Waals surface area contributed by atoms with Gasteiger partial charge in [0, 0.05) is 35.5 Å². The van der Waals surface area contributed by atoms with Crippen molar-refractivity contribution in [1.82, 2.24) is 9.71 Å². The van der Waals surface area contributed by atoms with Gasteiger partial charge in [0.15, 0.2) is 0 Å². The van der Waals surface area contributed by atoms with Crippen molar-refractivity contribution in [3.05, 3.63) is 100 Å². The third-order valence-electron chi connectivity index (χ3n) is 4.98. The summed E-state index contributed by atoms with van der Waals surface area (Å²) in [5.41, 5.74) is 2.91. The zero-order valence-electron chi connectivity index (χ0n) is 17.4. The molecule has 3 rings (SSSR count). The van der Waals surface area contributed by atoms with E-state index in [4.69, 9.17) is 16.7 Å². The van der Waals surface area contributed by atoms with E-state index in [0.29, 0.717) is 11.4 Å². The molecule has 166 valence electrons. The highest BCUT2D eigenvalue weighted by atomic mass is 35.5. The molecule has 0 aliphatic carbocycles. The van der Waals surface area contributed by atoms with Gasteiger partial charge in [-0.15, -0.1) is 0 Å². The second-order valence-corrected chi connectivity index (χ2v) is 9.57. The lowest BCUT2D eigenvalue weighted by atomic mass is 9.92. The normalized spacial score (nSPS) is 13.0. The van der Waals surface area contributed by atoms with E-state index in [9.17, 15) is 13.2 Å². The van der Waals surface area contributed by atoms with E-state index >= 15 is 0 Å². The molecule has 2 aromatic carbocycles. The number of hydrogen-bond acceptors (Lipinski definition) is 4. The summed E-state index contributed by atoms with van der Waals surface area (Å²) in [6.07, 6.45) is 5.62. The predicted molar refractivity (Wildman–Crippen MR) is 125 cm³/mol. The highest BCUT2D eigenvalue weighted by molar-refractivity contribution is 7.89. The fourth-order valence-corrected chi connectivity index (χ4v) is 4.40. The molecular weight excluding hydrogens is 448 g/mol. The molecule has 0 bridgehead atoms. The molecule has 8 heteroatoms. The van der Waals surface area contributed by atoms with Gasteiger partial charge in [-0.3, -0.25) is 4.98 Å². The number of nitrogens with zero attached hydrogens (tertiary/aromatic N) is 1. The van der Waals surface area contributed by atoms with Crippen molar-refractivity contribution in [2.45, 2.75) is 24.2 Å². The number of carboxylic acid groups (broad SMARTS) is 1. The summed E-state index contributed by atoms with van der Waals surface area (Å²) in [6, 6.07) is 17.2. The smallest absolute Gasteiger partial charge is 0.331 e. The quantitative estimate of drug-likeness (QED) is 0.448. The minimum atomic E-state index is -3.71. The van der Waals surface area contributed by atoms with E-state index in [1.54, 1.807) is 18.5 Å². The Hall–Kier alpha value is -3.00. The molecule has 0 fully saturated rings. The number of aromatic nitrogens is 1. The lowest BCUT2D eigenvalue weighted by Gasteiger charge is -2.19. The first kappa shape index (κ1) is 23.7. The Balaban J connectivity index is 1.83. The van der Waals surface area contributed by atoms with Crippen LogP contribution in [0.15, 0.2) is 83.5 Å². The molecule has 3 aromatic rings. The molecular formula is C24H23ClN2O4S. The first-order valence-electron chi connectivity index (χ1n) is 9.90. The highest BCUT2D eigenvalue weighted by Crippen LogP contribution is 2.23. The van der Waals surface area contributed by atoms with Crippen LogP contribution in [0, 0.1) is 0 Å². The summed E-state index contributed by atoms with van der Waals surface area (Å²) >= 11 is 5.86. The molecule has 32 heavy (non-hydrogen) atoms. The number of hydrogen-bond donors (Lipinski definition) is 2. The number of sulfonamides is 1. The molecule has 0 aliphatic heterocycles. The van der Waals surface area contributed by atoms with Gasteiger partial charge >= 0.3 is 5.97 Å². The monoisotopic (exact) mass is 470 g/mol. The number of rotatable bonds is 9. The van der Waals surface area contributed by atoms with E-state index in [-0.39, 0.29) is 22.9 Å². The van der Waals surface area contributed by atoms with Crippen molar-refractivity contribution in [3.8, 4) is 0 Å². The number of aliphatic carboxylic acids is 1. The van der Waals surface area contributed by atoms with E-state index < -0.39 is 16.0 Å². The van der Waals surface area contributed by atoms with Gasteiger partial charge in [0.2, 0.25) is 10.0 Å². The van der Waals surface area contributed by atoms with Crippen molar-refractivity contribution >= 4 is 33.7 Å². The Morgan fingerprint density at radius 3 is 2.41 bits per heavy atom. The van der Waals surface area contributed by atoms with Gasteiger partial charge in [0.25, 0.3) is 0 Å². The minimum absolute atomic E-state index is 0.145. The Labute approximate surface area is 192 Å². The van der Waals surface area contributed by atoms with Crippen LogP contribution < -0.4 is 4.72 Å². The van der Waals surface area contributed by atoms with Gasteiger partial charge in [0.05, 0.1) is 4.90 Å². The van der Waals surface area contributed by atoms with Gasteiger partial charge in [-0.05, 0) is 66.4 Å². The summed E-state index contributed by atoms with van der Waals surface area (Å²) in [4.78, 5) is 15.3. The topological polar surface area (TPSA) is 96.4 Å². The van der Waals surface area contributed by atoms with Gasteiger partial charge < -0.3 is 5.11 Å². The lowest BCUT2D eigenvalue weighted by molar-refractivity contribution is -0.132. The van der Waals surface area contributed by atoms with Crippen LogP contribution in [0.25, 0.3) is 6.08 Å². The molecule has 0 saturated carbocycles. The zero-order valence-corrected chi connectivity index (χ0v) is 19.0. The molecule has 0 radical (unpaired) electrons. The van der Waals surface area contributed by atoms with Crippen molar-refractivity contribution in [3.63, 3.8) is 0 Å². The highest BCUT2D eigenvalue weighted by Gasteiger charge is 2.19. The van der Waals surface area contributed by atoms with E-state index in [2.05, 4.69) is 9.71 Å². The fraction of sp³-hybridized carbons (Fsp3) is 0.167. The summed E-state index contributed by atoms with van der Waals surface area (Å²) in [5.74, 6) is -1.12. The van der Waals surface area contributed by atoms with E-state index in [1.807, 2.05) is 36.4 Å². The van der Waals surface area contributed by atoms with Crippen molar-refractivity contribution in [1.29, 1.82) is 0 Å². The second kappa shape index (κ2) is 10.5.